The molecule has 6 rings (SSSR count). The molecule has 180 valence electrons. The fourth-order valence-electron chi connectivity index (χ4n) is 7.51. The lowest BCUT2D eigenvalue weighted by Gasteiger charge is -2.54. The molecule has 0 aromatic heterocycles. The second-order valence-corrected chi connectivity index (χ2v) is 9.87. The first-order valence-corrected chi connectivity index (χ1v) is 11.4. The van der Waals surface area contributed by atoms with Crippen molar-refractivity contribution in [2.45, 2.75) is 49.7 Å². The lowest BCUT2D eigenvalue weighted by Crippen LogP contribution is -2.69. The summed E-state index contributed by atoms with van der Waals surface area (Å²) in [6.07, 6.45) is -5.69. The first-order chi connectivity index (χ1) is 15.6. The molecule has 1 aromatic carbocycles. The molecule has 3 aliphatic carbocycles. The van der Waals surface area contributed by atoms with Gasteiger partial charge in [0.1, 0.15) is 11.7 Å². The van der Waals surface area contributed by atoms with E-state index in [9.17, 15) is 26.3 Å². The maximum atomic E-state index is 13.6. The van der Waals surface area contributed by atoms with Crippen LogP contribution in [0, 0.1) is 23.7 Å². The predicted octanol–water partition coefficient (Wildman–Crippen LogP) is 5.37. The number of nitrogens with zero attached hydrogens (tertiary/aromatic N) is 4. The van der Waals surface area contributed by atoms with Crippen LogP contribution in [0.15, 0.2) is 28.5 Å². The molecule has 2 bridgehead atoms. The van der Waals surface area contributed by atoms with Gasteiger partial charge in [-0.15, -0.1) is 0 Å². The van der Waals surface area contributed by atoms with Crippen LogP contribution < -0.4 is 5.01 Å². The van der Waals surface area contributed by atoms with Gasteiger partial charge in [-0.05, 0) is 55.2 Å². The van der Waals surface area contributed by atoms with Crippen LogP contribution in [0.4, 0.5) is 32.0 Å². The smallest absolute Gasteiger partial charge is 0.379 e. The molecule has 0 amide bonds. The molecule has 6 atom stereocenters. The van der Waals surface area contributed by atoms with Gasteiger partial charge in [-0.3, -0.25) is 4.90 Å². The molecule has 0 radical (unpaired) electrons. The first-order valence-electron chi connectivity index (χ1n) is 11.4. The Labute approximate surface area is 186 Å². The van der Waals surface area contributed by atoms with Gasteiger partial charge in [0.15, 0.2) is 0 Å². The Balaban J connectivity index is 1.51. The molecule has 5 aliphatic rings. The predicted molar refractivity (Wildman–Crippen MR) is 105 cm³/mol. The van der Waals surface area contributed by atoms with Crippen LogP contribution >= 0.6 is 0 Å². The molecule has 0 spiro atoms. The third-order valence-corrected chi connectivity index (χ3v) is 8.54. The van der Waals surface area contributed by atoms with Gasteiger partial charge in [-0.2, -0.15) is 31.5 Å². The van der Waals surface area contributed by atoms with Crippen LogP contribution in [0.5, 0.6) is 0 Å². The molecule has 4 fully saturated rings. The largest absolute Gasteiger partial charge is 0.416 e. The summed E-state index contributed by atoms with van der Waals surface area (Å²) < 4.78 is 87.1. The zero-order chi connectivity index (χ0) is 23.2. The molecule has 2 heterocycles. The standard InChI is InChI=1S/C22H24F6N4O/c23-21(24,25)12-8-13(22(26,27)28)10-14(9-12)32-20(31-4-6-33-7-5-31)18-11-17(19(20)29-30-32)15-2-1-3-16(15)18/h8-10,15-19H,1-7,11H2/t15-,16-,17+,18+,19-,20+/m1/s1. The summed E-state index contributed by atoms with van der Waals surface area (Å²) in [6, 6.07) is 1.49. The van der Waals surface area contributed by atoms with Gasteiger partial charge in [-0.1, -0.05) is 11.6 Å². The van der Waals surface area contributed by atoms with Gasteiger partial charge in [-0.25, -0.2) is 5.01 Å². The Kier molecular flexibility index (Phi) is 4.63. The van der Waals surface area contributed by atoms with Crippen molar-refractivity contribution in [3.05, 3.63) is 29.3 Å². The van der Waals surface area contributed by atoms with Crippen molar-refractivity contribution in [2.75, 3.05) is 31.3 Å². The summed E-state index contributed by atoms with van der Waals surface area (Å²) in [4.78, 5) is 2.17. The van der Waals surface area contributed by atoms with Gasteiger partial charge in [0.25, 0.3) is 0 Å². The van der Waals surface area contributed by atoms with Gasteiger partial charge < -0.3 is 4.74 Å². The molecular formula is C22H24F6N4O. The first kappa shape index (κ1) is 21.6. The van der Waals surface area contributed by atoms with E-state index in [-0.39, 0.29) is 29.6 Å². The van der Waals surface area contributed by atoms with Gasteiger partial charge in [0.05, 0.1) is 30.0 Å². The normalized spacial score (nSPS) is 38.2. The van der Waals surface area contributed by atoms with E-state index in [0.29, 0.717) is 38.1 Å². The molecule has 33 heavy (non-hydrogen) atoms. The number of morpholine rings is 1. The average molecular weight is 474 g/mol. The van der Waals surface area contributed by atoms with Crippen molar-refractivity contribution in [1.82, 2.24) is 4.90 Å². The molecule has 1 aromatic rings. The van der Waals surface area contributed by atoms with E-state index in [1.54, 1.807) is 0 Å². The quantitative estimate of drug-likeness (QED) is 0.541. The second kappa shape index (κ2) is 7.07. The number of benzene rings is 1. The highest BCUT2D eigenvalue weighted by Crippen LogP contribution is 2.67. The fourth-order valence-corrected chi connectivity index (χ4v) is 7.51. The summed E-state index contributed by atoms with van der Waals surface area (Å²) in [5, 5.41) is 10.2. The fraction of sp³-hybridized carbons (Fsp3) is 0.727. The Bertz CT molecular complexity index is 942. The van der Waals surface area contributed by atoms with Crippen molar-refractivity contribution >= 4 is 5.69 Å². The van der Waals surface area contributed by atoms with Gasteiger partial charge in [0.2, 0.25) is 0 Å². The Hall–Kier alpha value is -1.88. The number of halogens is 6. The highest BCUT2D eigenvalue weighted by molar-refractivity contribution is 5.56. The minimum atomic E-state index is -4.91. The van der Waals surface area contributed by atoms with Gasteiger partial charge in [0, 0.05) is 19.0 Å². The maximum absolute atomic E-state index is 13.6. The molecule has 5 nitrogen and oxygen atoms in total. The van der Waals surface area contributed by atoms with Crippen molar-refractivity contribution in [3.63, 3.8) is 0 Å². The number of fused-ring (bicyclic) bond motifs is 8. The number of anilines is 1. The number of hydrogen-bond acceptors (Lipinski definition) is 5. The van der Waals surface area contributed by atoms with Crippen LogP contribution in [0.3, 0.4) is 0 Å². The summed E-state index contributed by atoms with van der Waals surface area (Å²) in [5.74, 6) is 1.26. The minimum Gasteiger partial charge on any atom is -0.379 e. The Morgan fingerprint density at radius 1 is 0.879 bits per heavy atom. The molecule has 2 aliphatic heterocycles. The van der Waals surface area contributed by atoms with Crippen molar-refractivity contribution in [3.8, 4) is 0 Å². The van der Waals surface area contributed by atoms with E-state index in [4.69, 9.17) is 4.74 Å². The zero-order valence-corrected chi connectivity index (χ0v) is 17.7. The zero-order valence-electron chi connectivity index (χ0n) is 17.7. The molecule has 3 saturated carbocycles. The third kappa shape index (κ3) is 3.00. The van der Waals surface area contributed by atoms with Crippen molar-refractivity contribution in [1.29, 1.82) is 0 Å². The number of alkyl halides is 6. The van der Waals surface area contributed by atoms with Crippen LogP contribution in [-0.4, -0.2) is 42.9 Å². The van der Waals surface area contributed by atoms with Crippen LogP contribution in [0.1, 0.15) is 36.8 Å². The molecular weight excluding hydrogens is 450 g/mol. The van der Waals surface area contributed by atoms with Crippen LogP contribution in [0.25, 0.3) is 0 Å². The highest BCUT2D eigenvalue weighted by atomic mass is 19.4. The maximum Gasteiger partial charge on any atom is 0.416 e. The van der Waals surface area contributed by atoms with E-state index >= 15 is 0 Å². The summed E-state index contributed by atoms with van der Waals surface area (Å²) in [5.41, 5.74) is -3.69. The van der Waals surface area contributed by atoms with E-state index in [0.717, 1.165) is 37.8 Å². The SMILES string of the molecule is FC(F)(F)c1cc(N2N=N[C@@H]3[C@H]4C[C@@H]([C@@H]5CCC[C@H]54)[C@@]32N2CCOCC2)cc(C(F)(F)F)c1. The third-order valence-electron chi connectivity index (χ3n) is 8.54. The summed E-state index contributed by atoms with van der Waals surface area (Å²) in [7, 11) is 0. The number of rotatable bonds is 2. The second-order valence-electron chi connectivity index (χ2n) is 9.87. The summed E-state index contributed by atoms with van der Waals surface area (Å²) in [6.45, 7) is 2.02. The van der Waals surface area contributed by atoms with E-state index < -0.39 is 29.1 Å². The van der Waals surface area contributed by atoms with Crippen LogP contribution in [0.2, 0.25) is 0 Å². The van der Waals surface area contributed by atoms with Crippen molar-refractivity contribution in [2.24, 2.45) is 34.0 Å². The molecule has 0 N–H and O–H groups in total. The van der Waals surface area contributed by atoms with E-state index in [2.05, 4.69) is 15.2 Å². The lowest BCUT2D eigenvalue weighted by atomic mass is 9.71. The number of hydrogen-bond donors (Lipinski definition) is 0. The molecule has 1 saturated heterocycles. The Morgan fingerprint density at radius 3 is 2.15 bits per heavy atom. The monoisotopic (exact) mass is 474 g/mol. The molecule has 11 heteroatoms. The average Bonchev–Trinajstić information content (AvgIpc) is 3.51. The van der Waals surface area contributed by atoms with Crippen molar-refractivity contribution < 1.29 is 31.1 Å². The van der Waals surface area contributed by atoms with Gasteiger partial charge >= 0.3 is 12.4 Å². The lowest BCUT2D eigenvalue weighted by molar-refractivity contribution is -0.143. The van der Waals surface area contributed by atoms with E-state index in [1.807, 2.05) is 0 Å². The topological polar surface area (TPSA) is 40.4 Å². The highest BCUT2D eigenvalue weighted by Gasteiger charge is 2.73. The number of ether oxygens (including phenoxy) is 1. The van der Waals surface area contributed by atoms with E-state index in [1.165, 1.54) is 5.01 Å². The summed E-state index contributed by atoms with van der Waals surface area (Å²) >= 11 is 0. The van der Waals surface area contributed by atoms with Crippen LogP contribution in [-0.2, 0) is 17.1 Å². The minimum absolute atomic E-state index is 0.0944. The Morgan fingerprint density at radius 2 is 1.52 bits per heavy atom. The molecule has 0 unspecified atom stereocenters.